The van der Waals surface area contributed by atoms with Crippen molar-refractivity contribution < 1.29 is 14.3 Å². The zero-order valence-electron chi connectivity index (χ0n) is 20.0. The van der Waals surface area contributed by atoms with Crippen LogP contribution in [0.25, 0.3) is 0 Å². The molecule has 3 amide bonds. The molecule has 1 aliphatic heterocycles. The van der Waals surface area contributed by atoms with Crippen molar-refractivity contribution in [3.05, 3.63) is 78.2 Å². The van der Waals surface area contributed by atoms with Gasteiger partial charge < -0.3 is 21.1 Å². The molecule has 1 aliphatic rings. The van der Waals surface area contributed by atoms with Crippen molar-refractivity contribution in [1.29, 1.82) is 0 Å². The Kier molecular flexibility index (Phi) is 8.79. The van der Waals surface area contributed by atoms with Crippen LogP contribution in [0.1, 0.15) is 34.9 Å². The molecule has 10 heteroatoms. The van der Waals surface area contributed by atoms with E-state index in [0.29, 0.717) is 23.6 Å². The van der Waals surface area contributed by atoms with Gasteiger partial charge in [0.2, 0.25) is 0 Å². The van der Waals surface area contributed by atoms with Crippen molar-refractivity contribution >= 4 is 29.1 Å². The third-order valence-corrected chi connectivity index (χ3v) is 5.91. The summed E-state index contributed by atoms with van der Waals surface area (Å²) in [6.45, 7) is 4.23. The van der Waals surface area contributed by atoms with Gasteiger partial charge in [0.15, 0.2) is 0 Å². The van der Waals surface area contributed by atoms with Gasteiger partial charge in [0.05, 0.1) is 30.6 Å². The number of anilines is 3. The van der Waals surface area contributed by atoms with E-state index in [2.05, 4.69) is 30.8 Å². The number of morpholine rings is 1. The smallest absolute Gasteiger partial charge is 0.320 e. The molecular formula is C26H31N7O3. The molecular weight excluding hydrogens is 458 g/mol. The van der Waals surface area contributed by atoms with E-state index in [-0.39, 0.29) is 23.7 Å². The van der Waals surface area contributed by atoms with Crippen LogP contribution in [0.2, 0.25) is 0 Å². The number of urea groups is 1. The quantitative estimate of drug-likeness (QED) is 0.339. The van der Waals surface area contributed by atoms with E-state index in [0.717, 1.165) is 44.8 Å². The number of nitrogen functional groups attached to an aromatic ring is 1. The molecule has 5 N–H and O–H groups in total. The number of pyridine rings is 2. The van der Waals surface area contributed by atoms with E-state index in [1.54, 1.807) is 60.9 Å². The van der Waals surface area contributed by atoms with Gasteiger partial charge in [0, 0.05) is 25.5 Å². The van der Waals surface area contributed by atoms with Crippen molar-refractivity contribution in [3.8, 4) is 0 Å². The molecule has 0 bridgehead atoms. The van der Waals surface area contributed by atoms with Gasteiger partial charge in [0.25, 0.3) is 5.91 Å². The topological polar surface area (TPSA) is 134 Å². The number of benzene rings is 1. The molecule has 1 aromatic carbocycles. The van der Waals surface area contributed by atoms with Gasteiger partial charge in [-0.3, -0.25) is 20.0 Å². The number of para-hydroxylation sites is 2. The fourth-order valence-electron chi connectivity index (χ4n) is 3.96. The first-order valence-corrected chi connectivity index (χ1v) is 12.0. The van der Waals surface area contributed by atoms with E-state index in [1.807, 2.05) is 6.07 Å². The number of carbonyl (C=O) groups is 2. The fourth-order valence-corrected chi connectivity index (χ4v) is 3.96. The number of nitrogens with zero attached hydrogens (tertiary/aromatic N) is 3. The van der Waals surface area contributed by atoms with Crippen LogP contribution in [0.3, 0.4) is 0 Å². The summed E-state index contributed by atoms with van der Waals surface area (Å²) in [6.07, 6.45) is 4.83. The van der Waals surface area contributed by atoms with Gasteiger partial charge >= 0.3 is 6.03 Å². The largest absolute Gasteiger partial charge is 0.397 e. The summed E-state index contributed by atoms with van der Waals surface area (Å²) in [5.74, 6) is 0.108. The highest BCUT2D eigenvalue weighted by Gasteiger charge is 2.18. The summed E-state index contributed by atoms with van der Waals surface area (Å²) < 4.78 is 5.42. The van der Waals surface area contributed by atoms with Crippen LogP contribution in [-0.4, -0.2) is 59.7 Å². The van der Waals surface area contributed by atoms with Crippen molar-refractivity contribution in [1.82, 2.24) is 20.2 Å². The Morgan fingerprint density at radius 1 is 1.00 bits per heavy atom. The maximum atomic E-state index is 12.7. The van der Waals surface area contributed by atoms with Crippen LogP contribution in [0, 0.1) is 0 Å². The van der Waals surface area contributed by atoms with Crippen molar-refractivity contribution in [2.75, 3.05) is 49.2 Å². The van der Waals surface area contributed by atoms with E-state index >= 15 is 0 Å². The van der Waals surface area contributed by atoms with E-state index in [9.17, 15) is 9.59 Å². The van der Waals surface area contributed by atoms with Crippen LogP contribution in [0.15, 0.2) is 67.0 Å². The van der Waals surface area contributed by atoms with Gasteiger partial charge in [0.1, 0.15) is 11.5 Å². The summed E-state index contributed by atoms with van der Waals surface area (Å²) in [4.78, 5) is 36.2. The van der Waals surface area contributed by atoms with Crippen molar-refractivity contribution in [2.24, 2.45) is 0 Å². The second kappa shape index (κ2) is 12.6. The number of nitrogens with two attached hydrogens (primary N) is 1. The third-order valence-electron chi connectivity index (χ3n) is 5.91. The van der Waals surface area contributed by atoms with Crippen molar-refractivity contribution in [2.45, 2.75) is 18.9 Å². The zero-order chi connectivity index (χ0) is 25.2. The van der Waals surface area contributed by atoms with Gasteiger partial charge in [-0.05, 0) is 55.3 Å². The predicted molar refractivity (Wildman–Crippen MR) is 139 cm³/mol. The number of aromatic nitrogens is 2. The lowest BCUT2D eigenvalue weighted by molar-refractivity contribution is 0.0369. The van der Waals surface area contributed by atoms with Gasteiger partial charge in [-0.1, -0.05) is 24.3 Å². The Bertz CT molecular complexity index is 1140. The number of carbonyl (C=O) groups excluding carboxylic acids is 2. The molecule has 1 unspecified atom stereocenters. The first-order valence-electron chi connectivity index (χ1n) is 12.0. The Morgan fingerprint density at radius 3 is 2.53 bits per heavy atom. The molecule has 0 aliphatic carbocycles. The number of rotatable bonds is 9. The maximum absolute atomic E-state index is 12.7. The van der Waals surface area contributed by atoms with Crippen LogP contribution >= 0.6 is 0 Å². The summed E-state index contributed by atoms with van der Waals surface area (Å²) in [6, 6.07) is 15.2. The first-order chi connectivity index (χ1) is 17.6. The average molecular weight is 490 g/mol. The molecule has 0 radical (unpaired) electrons. The monoisotopic (exact) mass is 489 g/mol. The molecule has 0 spiro atoms. The standard InChI is InChI=1S/C26H31N7O3/c27-20-6-1-2-7-22(20)30-25(34)23-11-10-19(18-29-23)21(8-5-13-33-14-16-36-17-15-33)31-26(35)32-24-9-3-4-12-28-24/h1-4,6-7,9-12,18,21H,5,8,13-17,27H2,(H,30,34)(H2,28,31,32,35). The number of nitrogens with one attached hydrogen (secondary N) is 3. The highest BCUT2D eigenvalue weighted by atomic mass is 16.5. The molecule has 10 nitrogen and oxygen atoms in total. The van der Waals surface area contributed by atoms with E-state index in [1.165, 1.54) is 0 Å². The van der Waals surface area contributed by atoms with E-state index in [4.69, 9.17) is 10.5 Å². The SMILES string of the molecule is Nc1ccccc1NC(=O)c1ccc(C(CCCN2CCOCC2)NC(=O)Nc2ccccn2)cn1. The second-order valence-corrected chi connectivity index (χ2v) is 8.48. The lowest BCUT2D eigenvalue weighted by Crippen LogP contribution is -2.37. The Hall–Kier alpha value is -4.02. The second-order valence-electron chi connectivity index (χ2n) is 8.48. The maximum Gasteiger partial charge on any atom is 0.320 e. The lowest BCUT2D eigenvalue weighted by Gasteiger charge is -2.27. The molecule has 1 saturated heterocycles. The van der Waals surface area contributed by atoms with Gasteiger partial charge in [-0.2, -0.15) is 0 Å². The van der Waals surface area contributed by atoms with Crippen LogP contribution < -0.4 is 21.7 Å². The molecule has 0 saturated carbocycles. The van der Waals surface area contributed by atoms with Crippen LogP contribution in [-0.2, 0) is 4.74 Å². The first kappa shape index (κ1) is 25.1. The normalized spacial score (nSPS) is 14.6. The average Bonchev–Trinajstić information content (AvgIpc) is 2.91. The van der Waals surface area contributed by atoms with Crippen LogP contribution in [0.4, 0.5) is 22.0 Å². The number of amides is 3. The summed E-state index contributed by atoms with van der Waals surface area (Å²) >= 11 is 0. The zero-order valence-corrected chi connectivity index (χ0v) is 20.0. The summed E-state index contributed by atoms with van der Waals surface area (Å²) in [5, 5.41) is 8.56. The fraction of sp³-hybridized carbons (Fsp3) is 0.308. The lowest BCUT2D eigenvalue weighted by atomic mass is 10.0. The molecule has 3 aromatic rings. The summed E-state index contributed by atoms with van der Waals surface area (Å²) in [5.41, 5.74) is 7.99. The number of hydrogen-bond donors (Lipinski definition) is 4. The van der Waals surface area contributed by atoms with E-state index < -0.39 is 0 Å². The summed E-state index contributed by atoms with van der Waals surface area (Å²) in [7, 11) is 0. The Balaban J connectivity index is 1.41. The number of hydrogen-bond acceptors (Lipinski definition) is 7. The molecule has 3 heterocycles. The predicted octanol–water partition coefficient (Wildman–Crippen LogP) is 3.29. The molecule has 2 aromatic heterocycles. The molecule has 1 fully saturated rings. The third kappa shape index (κ3) is 7.24. The highest BCUT2D eigenvalue weighted by Crippen LogP contribution is 2.21. The molecule has 36 heavy (non-hydrogen) atoms. The minimum atomic E-state index is -0.357. The van der Waals surface area contributed by atoms with Crippen molar-refractivity contribution in [3.63, 3.8) is 0 Å². The Labute approximate surface area is 210 Å². The molecule has 1 atom stereocenters. The highest BCUT2D eigenvalue weighted by molar-refractivity contribution is 6.04. The Morgan fingerprint density at radius 2 is 1.81 bits per heavy atom. The minimum absolute atomic E-state index is 0.256. The van der Waals surface area contributed by atoms with Gasteiger partial charge in [-0.25, -0.2) is 9.78 Å². The van der Waals surface area contributed by atoms with Crippen LogP contribution in [0.5, 0.6) is 0 Å². The number of ether oxygens (including phenoxy) is 1. The minimum Gasteiger partial charge on any atom is -0.397 e. The molecule has 4 rings (SSSR count). The molecule has 188 valence electrons. The van der Waals surface area contributed by atoms with Gasteiger partial charge in [-0.15, -0.1) is 0 Å².